The normalized spacial score (nSPS) is 15.8. The van der Waals surface area contributed by atoms with Gasteiger partial charge in [0.05, 0.1) is 35.8 Å². The molecule has 4 heterocycles. The van der Waals surface area contributed by atoms with Gasteiger partial charge in [0.25, 0.3) is 0 Å². The van der Waals surface area contributed by atoms with Crippen molar-refractivity contribution >= 4 is 11.4 Å². The summed E-state index contributed by atoms with van der Waals surface area (Å²) in [6.45, 7) is -1.29. The fraction of sp³-hybridized carbons (Fsp3) is 0.412. The summed E-state index contributed by atoms with van der Waals surface area (Å²) in [5.74, 6) is 0.0578. The number of aromatic nitrogens is 5. The fourth-order valence-electron chi connectivity index (χ4n) is 3.10. The number of ether oxygens (including phenoxy) is 1. The number of Topliss-reactive ketones (excluding diaryl/α,β-unsaturated/α-hetero) is 1. The number of imidazole rings is 1. The Kier molecular flexibility index (Phi) is 4.46. The Balaban J connectivity index is 1.52. The molecule has 1 aliphatic heterocycles. The number of carbonyl (C=O) groups excluding carboxylic acids is 1. The average molecular weight is 361 g/mol. The van der Waals surface area contributed by atoms with E-state index in [-0.39, 0.29) is 17.8 Å². The first-order valence-electron chi connectivity index (χ1n) is 8.37. The molecule has 1 aliphatic rings. The predicted molar refractivity (Wildman–Crippen MR) is 87.3 cm³/mol. The molecule has 3 aromatic rings. The largest absolute Gasteiger partial charge is 0.381 e. The second kappa shape index (κ2) is 6.91. The van der Waals surface area contributed by atoms with Crippen molar-refractivity contribution in [1.82, 2.24) is 24.1 Å². The van der Waals surface area contributed by atoms with Crippen LogP contribution in [0.2, 0.25) is 0 Å². The van der Waals surface area contributed by atoms with Gasteiger partial charge < -0.3 is 9.14 Å². The van der Waals surface area contributed by atoms with E-state index < -0.39 is 6.55 Å². The van der Waals surface area contributed by atoms with E-state index in [2.05, 4.69) is 15.1 Å². The van der Waals surface area contributed by atoms with Crippen molar-refractivity contribution in [2.24, 2.45) is 0 Å². The zero-order valence-corrected chi connectivity index (χ0v) is 13.9. The fourth-order valence-corrected chi connectivity index (χ4v) is 3.10. The van der Waals surface area contributed by atoms with Crippen LogP contribution in [0.1, 0.15) is 47.1 Å². The summed E-state index contributed by atoms with van der Waals surface area (Å²) >= 11 is 0. The number of rotatable bonds is 5. The molecule has 7 nitrogen and oxygen atoms in total. The Hall–Kier alpha value is -2.68. The summed E-state index contributed by atoms with van der Waals surface area (Å²) < 4.78 is 32.8. The Morgan fingerprint density at radius 1 is 1.23 bits per heavy atom. The molecule has 0 saturated carbocycles. The van der Waals surface area contributed by atoms with Crippen LogP contribution < -0.4 is 0 Å². The van der Waals surface area contributed by atoms with Gasteiger partial charge in [-0.15, -0.1) is 0 Å². The molecule has 26 heavy (non-hydrogen) atoms. The molecule has 0 N–H and O–H groups in total. The molecule has 136 valence electrons. The third-order valence-corrected chi connectivity index (χ3v) is 4.52. The van der Waals surface area contributed by atoms with Crippen LogP contribution in [0.25, 0.3) is 5.65 Å². The van der Waals surface area contributed by atoms with E-state index in [1.54, 1.807) is 12.4 Å². The number of hydrogen-bond acceptors (Lipinski definition) is 5. The van der Waals surface area contributed by atoms with E-state index in [9.17, 15) is 13.6 Å². The van der Waals surface area contributed by atoms with Gasteiger partial charge >= 0.3 is 6.55 Å². The van der Waals surface area contributed by atoms with Gasteiger partial charge in [-0.3, -0.25) is 9.78 Å². The van der Waals surface area contributed by atoms with Crippen LogP contribution in [0.15, 0.2) is 31.0 Å². The third-order valence-electron chi connectivity index (χ3n) is 4.52. The molecular weight excluding hydrogens is 344 g/mol. The highest BCUT2D eigenvalue weighted by molar-refractivity contribution is 5.96. The van der Waals surface area contributed by atoms with Crippen molar-refractivity contribution in [3.63, 3.8) is 0 Å². The van der Waals surface area contributed by atoms with Crippen LogP contribution in [0, 0.1) is 0 Å². The number of nitrogens with zero attached hydrogens (tertiary/aromatic N) is 5. The summed E-state index contributed by atoms with van der Waals surface area (Å²) in [5, 5.41) is 3.48. The number of halogens is 2. The summed E-state index contributed by atoms with van der Waals surface area (Å²) in [7, 11) is 0. The molecule has 0 spiro atoms. The van der Waals surface area contributed by atoms with Crippen molar-refractivity contribution in [2.75, 3.05) is 13.2 Å². The molecule has 0 radical (unpaired) electrons. The molecule has 1 saturated heterocycles. The molecule has 0 bridgehead atoms. The van der Waals surface area contributed by atoms with Crippen LogP contribution in [0.5, 0.6) is 0 Å². The minimum atomic E-state index is -2.76. The zero-order valence-electron chi connectivity index (χ0n) is 13.9. The zero-order chi connectivity index (χ0) is 18.1. The van der Waals surface area contributed by atoms with Crippen LogP contribution in [0.3, 0.4) is 0 Å². The Morgan fingerprint density at radius 3 is 2.77 bits per heavy atom. The second-order valence-electron chi connectivity index (χ2n) is 6.28. The molecule has 0 amide bonds. The molecule has 0 atom stereocenters. The topological polar surface area (TPSA) is 74.3 Å². The van der Waals surface area contributed by atoms with Crippen molar-refractivity contribution in [3.05, 3.63) is 47.9 Å². The quantitative estimate of drug-likeness (QED) is 0.653. The molecule has 0 unspecified atom stereocenters. The van der Waals surface area contributed by atoms with Gasteiger partial charge in [-0.1, -0.05) is 0 Å². The average Bonchev–Trinajstić information content (AvgIpc) is 3.29. The van der Waals surface area contributed by atoms with Gasteiger partial charge in [0, 0.05) is 37.7 Å². The van der Waals surface area contributed by atoms with E-state index in [0.29, 0.717) is 21.9 Å². The number of ketones is 1. The molecule has 3 aromatic heterocycles. The lowest BCUT2D eigenvalue weighted by atomic mass is 9.97. The second-order valence-corrected chi connectivity index (χ2v) is 6.28. The van der Waals surface area contributed by atoms with E-state index in [1.807, 2.05) is 10.6 Å². The molecule has 4 rings (SSSR count). The van der Waals surface area contributed by atoms with Gasteiger partial charge in [0.2, 0.25) is 0 Å². The van der Waals surface area contributed by atoms with Crippen molar-refractivity contribution in [3.8, 4) is 0 Å². The predicted octanol–water partition coefficient (Wildman–Crippen LogP) is 2.64. The number of alkyl halides is 2. The highest BCUT2D eigenvalue weighted by Crippen LogP contribution is 2.26. The number of fused-ring (bicyclic) bond motifs is 1. The summed E-state index contributed by atoms with van der Waals surface area (Å²) in [4.78, 5) is 21.1. The van der Waals surface area contributed by atoms with Crippen LogP contribution in [0.4, 0.5) is 8.78 Å². The van der Waals surface area contributed by atoms with Crippen LogP contribution in [-0.2, 0) is 11.2 Å². The van der Waals surface area contributed by atoms with E-state index in [4.69, 9.17) is 4.74 Å². The summed E-state index contributed by atoms with van der Waals surface area (Å²) in [5.41, 5.74) is 2.40. The molecule has 0 aromatic carbocycles. The molecule has 0 aliphatic carbocycles. The Bertz CT molecular complexity index is 930. The van der Waals surface area contributed by atoms with Gasteiger partial charge in [-0.25, -0.2) is 9.67 Å². The summed E-state index contributed by atoms with van der Waals surface area (Å²) in [6.07, 6.45) is 9.41. The van der Waals surface area contributed by atoms with Crippen molar-refractivity contribution in [2.45, 2.75) is 31.7 Å². The van der Waals surface area contributed by atoms with Gasteiger partial charge in [0.15, 0.2) is 11.4 Å². The number of carbonyl (C=O) groups is 1. The highest BCUT2D eigenvalue weighted by Gasteiger charge is 2.19. The van der Waals surface area contributed by atoms with Gasteiger partial charge in [-0.05, 0) is 12.8 Å². The molecule has 9 heteroatoms. The minimum absolute atomic E-state index is 0.00958. The Labute approximate surface area is 147 Å². The van der Waals surface area contributed by atoms with E-state index >= 15 is 0 Å². The monoisotopic (exact) mass is 361 g/mol. The maximum atomic E-state index is 12.6. The first-order valence-corrected chi connectivity index (χ1v) is 8.37. The van der Waals surface area contributed by atoms with Crippen molar-refractivity contribution < 1.29 is 18.3 Å². The van der Waals surface area contributed by atoms with E-state index in [1.165, 1.54) is 0 Å². The maximum absolute atomic E-state index is 12.6. The minimum Gasteiger partial charge on any atom is -0.381 e. The van der Waals surface area contributed by atoms with Gasteiger partial charge in [-0.2, -0.15) is 13.9 Å². The number of hydrogen-bond donors (Lipinski definition) is 0. The lowest BCUT2D eigenvalue weighted by molar-refractivity contribution is 0.0565. The smallest absolute Gasteiger partial charge is 0.333 e. The van der Waals surface area contributed by atoms with Crippen LogP contribution >= 0.6 is 0 Å². The first-order chi connectivity index (χ1) is 12.6. The standard InChI is InChI=1S/C17H17F2N5O2/c18-17(19)24-8-12(6-21-24)15(25)5-13-9-23-10-14(22-16(23)7-20-13)11-1-3-26-4-2-11/h6-11,17H,1-5H2. The first kappa shape index (κ1) is 16.8. The highest BCUT2D eigenvalue weighted by atomic mass is 19.3. The SMILES string of the molecule is O=C(Cc1cn2cc(C3CCOCC3)nc2cn1)c1cnn(C(F)F)c1. The summed E-state index contributed by atoms with van der Waals surface area (Å²) in [6, 6.07) is 0. The lowest BCUT2D eigenvalue weighted by Gasteiger charge is -2.19. The van der Waals surface area contributed by atoms with Gasteiger partial charge in [0.1, 0.15) is 0 Å². The molecule has 1 fully saturated rings. The third kappa shape index (κ3) is 3.34. The van der Waals surface area contributed by atoms with Crippen molar-refractivity contribution in [1.29, 1.82) is 0 Å². The maximum Gasteiger partial charge on any atom is 0.333 e. The Morgan fingerprint density at radius 2 is 2.04 bits per heavy atom. The molecular formula is C17H17F2N5O2. The van der Waals surface area contributed by atoms with Crippen LogP contribution in [-0.4, -0.2) is 43.1 Å². The van der Waals surface area contributed by atoms with E-state index in [0.717, 1.165) is 44.1 Å². The lowest BCUT2D eigenvalue weighted by Crippen LogP contribution is -2.14.